The Kier molecular flexibility index (Phi) is 26.4. The minimum absolute atomic E-state index is 0.0167. The predicted octanol–water partition coefficient (Wildman–Crippen LogP) is 6.81. The zero-order valence-corrected chi connectivity index (χ0v) is 33.0. The van der Waals surface area contributed by atoms with E-state index in [9.17, 15) is 92.2 Å². The lowest BCUT2D eigenvalue weighted by molar-refractivity contribution is -0.474. The molecule has 386 valence electrons. The summed E-state index contributed by atoms with van der Waals surface area (Å²) in [5.74, 6) is -77.3. The van der Waals surface area contributed by atoms with E-state index in [0.29, 0.717) is 52.9 Å². The van der Waals surface area contributed by atoms with Gasteiger partial charge in [0.1, 0.15) is 0 Å². The van der Waals surface area contributed by atoms with Crippen LogP contribution in [0.4, 0.5) is 92.2 Å². The average molecular weight is 1000 g/mol. The second-order valence-electron chi connectivity index (χ2n) is 12.4. The maximum Gasteiger partial charge on any atom is 0.460 e. The molecule has 0 amide bonds. The third-order valence-electron chi connectivity index (χ3n) is 7.72. The van der Waals surface area contributed by atoms with Gasteiger partial charge >= 0.3 is 59.5 Å². The van der Waals surface area contributed by atoms with Crippen molar-refractivity contribution in [2.75, 3.05) is 139 Å². The zero-order valence-electron chi connectivity index (χ0n) is 33.0. The van der Waals surface area contributed by atoms with E-state index in [0.717, 1.165) is 0 Å². The van der Waals surface area contributed by atoms with Gasteiger partial charge in [0.2, 0.25) is 0 Å². The maximum atomic E-state index is 14.0. The maximum absolute atomic E-state index is 14.0. The van der Waals surface area contributed by atoms with Crippen LogP contribution in [0.3, 0.4) is 0 Å². The highest BCUT2D eigenvalue weighted by atomic mass is 19.4. The van der Waals surface area contributed by atoms with Gasteiger partial charge in [0.05, 0.1) is 139 Å². The molecule has 0 fully saturated rings. The summed E-state index contributed by atoms with van der Waals surface area (Å²) in [4.78, 5) is 0. The van der Waals surface area contributed by atoms with Gasteiger partial charge < -0.3 is 52.5 Å². The van der Waals surface area contributed by atoms with Crippen LogP contribution in [0, 0.1) is 0 Å². The molecule has 0 aromatic rings. The summed E-state index contributed by atoms with van der Waals surface area (Å²) < 4.78 is 334. The Morgan fingerprint density at radius 3 is 0.594 bits per heavy atom. The molecule has 0 aliphatic carbocycles. The van der Waals surface area contributed by atoms with Gasteiger partial charge in [-0.1, -0.05) is 0 Å². The lowest BCUT2D eigenvalue weighted by atomic mass is 9.86. The quantitative estimate of drug-likeness (QED) is 0.0517. The second kappa shape index (κ2) is 27.2. The summed E-state index contributed by atoms with van der Waals surface area (Å²) in [5, 5.41) is 8.55. The van der Waals surface area contributed by atoms with Crippen molar-refractivity contribution >= 4 is 0 Å². The molecule has 0 rings (SSSR count). The summed E-state index contributed by atoms with van der Waals surface area (Å²) in [6.45, 7) is 0.316. The molecule has 0 saturated carbocycles. The smallest absolute Gasteiger partial charge is 0.394 e. The Morgan fingerprint density at radius 2 is 0.391 bits per heavy atom. The Morgan fingerprint density at radius 1 is 0.219 bits per heavy atom. The third-order valence-corrected chi connectivity index (χ3v) is 7.72. The molecule has 0 heterocycles. The second-order valence-corrected chi connectivity index (χ2v) is 12.4. The number of ether oxygens (including phenoxy) is 10. The van der Waals surface area contributed by atoms with Crippen LogP contribution in [0.2, 0.25) is 0 Å². The van der Waals surface area contributed by atoms with Crippen molar-refractivity contribution < 1.29 is 145 Å². The Balaban J connectivity index is 4.38. The fraction of sp³-hybridized carbons (Fsp3) is 1.00. The van der Waals surface area contributed by atoms with E-state index in [2.05, 4.69) is 4.74 Å². The minimum Gasteiger partial charge on any atom is -0.394 e. The molecule has 64 heavy (non-hydrogen) atoms. The Bertz CT molecular complexity index is 1250. The van der Waals surface area contributed by atoms with Gasteiger partial charge in [-0.3, -0.25) is 0 Å². The fourth-order valence-electron chi connectivity index (χ4n) is 4.09. The molecule has 0 aliphatic heterocycles. The van der Waals surface area contributed by atoms with Crippen LogP contribution < -0.4 is 0 Å². The SMILES string of the molecule is OCCOCCOCCOCCOCCOCCOCCOCCOCCOCCOCCC(F)(F)C(F)(F)C(F)(F)C(F)(F)C(F)(F)C(F)(F)C(F)(F)C(F)(F)C(F)(F)C(F)(F)F. The molecule has 0 aromatic carbocycles. The number of aliphatic hydroxyl groups excluding tert-OH is 1. The van der Waals surface area contributed by atoms with Crippen molar-refractivity contribution in [3.05, 3.63) is 0 Å². The van der Waals surface area contributed by atoms with E-state index in [-0.39, 0.29) is 66.1 Å². The molecular weight excluding hydrogens is 959 g/mol. The van der Waals surface area contributed by atoms with E-state index in [4.69, 9.17) is 47.7 Å². The van der Waals surface area contributed by atoms with Crippen LogP contribution in [-0.4, -0.2) is 203 Å². The van der Waals surface area contributed by atoms with Crippen LogP contribution in [0.5, 0.6) is 0 Å². The van der Waals surface area contributed by atoms with Crippen molar-refractivity contribution in [3.63, 3.8) is 0 Å². The Hall–Kier alpha value is -1.91. The summed E-state index contributed by atoms with van der Waals surface area (Å²) in [5.41, 5.74) is 0. The van der Waals surface area contributed by atoms with Crippen molar-refractivity contribution in [3.8, 4) is 0 Å². The lowest BCUT2D eigenvalue weighted by Crippen LogP contribution is -2.76. The van der Waals surface area contributed by atoms with E-state index < -0.39 is 85.7 Å². The molecule has 0 atom stereocenters. The zero-order chi connectivity index (χ0) is 49.6. The topological polar surface area (TPSA) is 113 Å². The molecule has 0 unspecified atom stereocenters. The van der Waals surface area contributed by atoms with Gasteiger partial charge in [0.15, 0.2) is 0 Å². The van der Waals surface area contributed by atoms with Gasteiger partial charge in [-0.05, 0) is 0 Å². The molecule has 0 saturated heterocycles. The molecule has 0 bridgehead atoms. The first kappa shape index (κ1) is 62.1. The largest absolute Gasteiger partial charge is 0.460 e. The number of hydrogen-bond donors (Lipinski definition) is 1. The first-order valence-corrected chi connectivity index (χ1v) is 18.2. The van der Waals surface area contributed by atoms with Crippen molar-refractivity contribution in [1.29, 1.82) is 0 Å². The normalized spacial score (nSPS) is 14.5. The summed E-state index contributed by atoms with van der Waals surface area (Å²) in [6.07, 6.45) is -10.9. The highest BCUT2D eigenvalue weighted by Crippen LogP contribution is 2.66. The van der Waals surface area contributed by atoms with Gasteiger partial charge in [-0.25, -0.2) is 0 Å². The number of rotatable bonds is 40. The van der Waals surface area contributed by atoms with Gasteiger partial charge in [0, 0.05) is 6.42 Å². The highest BCUT2D eigenvalue weighted by Gasteiger charge is 2.97. The summed E-state index contributed by atoms with van der Waals surface area (Å²) in [6, 6.07) is 0. The molecular formula is C32H45F21O11. The van der Waals surface area contributed by atoms with Crippen molar-refractivity contribution in [2.24, 2.45) is 0 Å². The molecule has 32 heteroatoms. The van der Waals surface area contributed by atoms with Gasteiger partial charge in [-0.15, -0.1) is 0 Å². The van der Waals surface area contributed by atoms with Gasteiger partial charge in [-0.2, -0.15) is 92.2 Å². The number of halogens is 21. The van der Waals surface area contributed by atoms with Crippen LogP contribution in [0.15, 0.2) is 0 Å². The van der Waals surface area contributed by atoms with E-state index in [1.54, 1.807) is 0 Å². The number of alkyl halides is 21. The first-order chi connectivity index (χ1) is 29.3. The standard InChI is InChI=1S/C32H45F21O11/c33-23(34,24(35,36)25(37,38)26(39,40)27(41,42)28(43,44)29(45,46)30(47,48)31(49,50)32(51,52)53)1-3-55-5-7-57-9-11-59-13-15-61-17-19-63-21-22-64-20-18-62-16-14-60-12-10-58-8-6-56-4-2-54/h54H,1-22H2. The van der Waals surface area contributed by atoms with E-state index in [1.165, 1.54) is 0 Å². The summed E-state index contributed by atoms with van der Waals surface area (Å²) >= 11 is 0. The van der Waals surface area contributed by atoms with Crippen LogP contribution in [0.25, 0.3) is 0 Å². The molecule has 0 spiro atoms. The van der Waals surface area contributed by atoms with E-state index in [1.807, 2.05) is 0 Å². The molecule has 0 aromatic heterocycles. The lowest BCUT2D eigenvalue weighted by Gasteiger charge is -2.44. The first-order valence-electron chi connectivity index (χ1n) is 18.2. The summed E-state index contributed by atoms with van der Waals surface area (Å²) in [7, 11) is 0. The molecule has 11 nitrogen and oxygen atoms in total. The fourth-order valence-corrected chi connectivity index (χ4v) is 4.09. The average Bonchev–Trinajstić information content (AvgIpc) is 3.18. The van der Waals surface area contributed by atoms with Crippen molar-refractivity contribution in [1.82, 2.24) is 0 Å². The van der Waals surface area contributed by atoms with Crippen LogP contribution in [0.1, 0.15) is 6.42 Å². The van der Waals surface area contributed by atoms with Gasteiger partial charge in [0.25, 0.3) is 0 Å². The van der Waals surface area contributed by atoms with Crippen LogP contribution >= 0.6 is 0 Å². The molecule has 0 aliphatic rings. The minimum atomic E-state index is -9.21. The highest BCUT2D eigenvalue weighted by molar-refractivity contribution is 5.17. The van der Waals surface area contributed by atoms with E-state index >= 15 is 0 Å². The number of aliphatic hydroxyl groups is 1. The number of hydrogen-bond acceptors (Lipinski definition) is 11. The molecule has 0 radical (unpaired) electrons. The predicted molar refractivity (Wildman–Crippen MR) is 170 cm³/mol. The Labute approximate surface area is 349 Å². The van der Waals surface area contributed by atoms with Crippen molar-refractivity contribution in [2.45, 2.75) is 65.9 Å². The molecule has 1 N–H and O–H groups in total. The monoisotopic (exact) mass is 1000 g/mol. The van der Waals surface area contributed by atoms with Crippen LogP contribution in [-0.2, 0) is 47.4 Å². The third kappa shape index (κ3) is 16.4.